The normalized spacial score (nSPS) is 11.0. The number of nitrogens with one attached hydrogen (secondary N) is 1. The van der Waals surface area contributed by atoms with Gasteiger partial charge in [-0.05, 0) is 26.2 Å². The van der Waals surface area contributed by atoms with Crippen molar-refractivity contribution in [2.24, 2.45) is 5.92 Å². The van der Waals surface area contributed by atoms with Crippen LogP contribution < -0.4 is 5.32 Å². The van der Waals surface area contributed by atoms with Crippen LogP contribution in [0.25, 0.3) is 0 Å². The Kier molecular flexibility index (Phi) is 3.86. The summed E-state index contributed by atoms with van der Waals surface area (Å²) >= 11 is 0. The molecule has 0 aliphatic rings. The molecule has 0 radical (unpaired) electrons. The number of nitrogens with zero attached hydrogens (tertiary/aromatic N) is 2. The van der Waals surface area contributed by atoms with E-state index in [0.717, 1.165) is 17.9 Å². The molecule has 1 N–H and O–H groups in total. The second-order valence-corrected chi connectivity index (χ2v) is 4.29. The highest BCUT2D eigenvalue weighted by atomic mass is 15.0. The maximum absolute atomic E-state index is 4.24. The maximum atomic E-state index is 4.24. The van der Waals surface area contributed by atoms with Crippen LogP contribution in [0.1, 0.15) is 33.4 Å². The second-order valence-electron chi connectivity index (χ2n) is 4.29. The lowest BCUT2D eigenvalue weighted by molar-refractivity contribution is 0.634. The standard InChI is InChI=1S/C11H19N3/c1-8(2)5-10-6-11(13-7-12-10)14-9(3)4/h6-9H,5H2,1-4H3,(H,12,13,14). The molecule has 0 aromatic carbocycles. The second kappa shape index (κ2) is 4.94. The first-order chi connectivity index (χ1) is 6.58. The number of rotatable bonds is 4. The van der Waals surface area contributed by atoms with E-state index in [1.807, 2.05) is 6.07 Å². The first-order valence-corrected chi connectivity index (χ1v) is 5.15. The SMILES string of the molecule is CC(C)Cc1cc(NC(C)C)ncn1. The van der Waals surface area contributed by atoms with Gasteiger partial charge in [0.2, 0.25) is 0 Å². The van der Waals surface area contributed by atoms with Crippen molar-refractivity contribution in [3.8, 4) is 0 Å². The molecule has 0 atom stereocenters. The van der Waals surface area contributed by atoms with Crippen molar-refractivity contribution in [1.29, 1.82) is 0 Å². The smallest absolute Gasteiger partial charge is 0.129 e. The molecule has 0 amide bonds. The van der Waals surface area contributed by atoms with E-state index in [2.05, 4.69) is 43.0 Å². The van der Waals surface area contributed by atoms with Crippen molar-refractivity contribution in [1.82, 2.24) is 9.97 Å². The molecule has 78 valence electrons. The van der Waals surface area contributed by atoms with Crippen molar-refractivity contribution < 1.29 is 0 Å². The Balaban J connectivity index is 2.68. The summed E-state index contributed by atoms with van der Waals surface area (Å²) in [5, 5.41) is 3.27. The van der Waals surface area contributed by atoms with Gasteiger partial charge in [-0.25, -0.2) is 9.97 Å². The van der Waals surface area contributed by atoms with E-state index in [4.69, 9.17) is 0 Å². The lowest BCUT2D eigenvalue weighted by Gasteiger charge is -2.10. The third kappa shape index (κ3) is 3.73. The Morgan fingerprint density at radius 2 is 1.93 bits per heavy atom. The van der Waals surface area contributed by atoms with Crippen LogP contribution in [0.2, 0.25) is 0 Å². The zero-order valence-corrected chi connectivity index (χ0v) is 9.41. The van der Waals surface area contributed by atoms with Crippen molar-refractivity contribution >= 4 is 5.82 Å². The van der Waals surface area contributed by atoms with Gasteiger partial charge in [0.05, 0.1) is 0 Å². The predicted octanol–water partition coefficient (Wildman–Crippen LogP) is 2.50. The van der Waals surface area contributed by atoms with Crippen LogP contribution in [0, 0.1) is 5.92 Å². The van der Waals surface area contributed by atoms with Crippen LogP contribution in [-0.2, 0) is 6.42 Å². The van der Waals surface area contributed by atoms with Crippen LogP contribution in [0.3, 0.4) is 0 Å². The third-order valence-electron chi connectivity index (χ3n) is 1.78. The molecular weight excluding hydrogens is 174 g/mol. The van der Waals surface area contributed by atoms with Crippen molar-refractivity contribution in [2.75, 3.05) is 5.32 Å². The van der Waals surface area contributed by atoms with Crippen LogP contribution in [0.5, 0.6) is 0 Å². The largest absolute Gasteiger partial charge is 0.368 e. The Bertz CT molecular complexity index is 256. The first kappa shape index (κ1) is 11.0. The molecule has 14 heavy (non-hydrogen) atoms. The molecule has 0 fully saturated rings. The van der Waals surface area contributed by atoms with Crippen LogP contribution >= 0.6 is 0 Å². The van der Waals surface area contributed by atoms with Crippen molar-refractivity contribution in [3.63, 3.8) is 0 Å². The van der Waals surface area contributed by atoms with Gasteiger partial charge in [0, 0.05) is 17.8 Å². The minimum Gasteiger partial charge on any atom is -0.368 e. The van der Waals surface area contributed by atoms with Gasteiger partial charge in [0.1, 0.15) is 12.1 Å². The number of anilines is 1. The Hall–Kier alpha value is -1.12. The Morgan fingerprint density at radius 3 is 2.50 bits per heavy atom. The van der Waals surface area contributed by atoms with Gasteiger partial charge in [0.15, 0.2) is 0 Å². The molecule has 3 heteroatoms. The molecular formula is C11H19N3. The average molecular weight is 193 g/mol. The monoisotopic (exact) mass is 193 g/mol. The van der Waals surface area contributed by atoms with Gasteiger partial charge in [-0.3, -0.25) is 0 Å². The molecule has 1 aromatic heterocycles. The number of hydrogen-bond acceptors (Lipinski definition) is 3. The summed E-state index contributed by atoms with van der Waals surface area (Å²) < 4.78 is 0. The lowest BCUT2D eigenvalue weighted by Crippen LogP contribution is -2.11. The highest BCUT2D eigenvalue weighted by Crippen LogP contribution is 2.09. The molecule has 3 nitrogen and oxygen atoms in total. The minimum absolute atomic E-state index is 0.414. The summed E-state index contributed by atoms with van der Waals surface area (Å²) in [6.07, 6.45) is 2.64. The fourth-order valence-corrected chi connectivity index (χ4v) is 1.30. The lowest BCUT2D eigenvalue weighted by atomic mass is 10.1. The van der Waals surface area contributed by atoms with Crippen LogP contribution in [0.4, 0.5) is 5.82 Å². The van der Waals surface area contributed by atoms with E-state index >= 15 is 0 Å². The van der Waals surface area contributed by atoms with Gasteiger partial charge in [-0.1, -0.05) is 13.8 Å². The Morgan fingerprint density at radius 1 is 1.21 bits per heavy atom. The van der Waals surface area contributed by atoms with Gasteiger partial charge in [-0.15, -0.1) is 0 Å². The quantitative estimate of drug-likeness (QED) is 0.798. The fraction of sp³-hybridized carbons (Fsp3) is 0.636. The van der Waals surface area contributed by atoms with Gasteiger partial charge < -0.3 is 5.32 Å². The van der Waals surface area contributed by atoms with Crippen molar-refractivity contribution in [3.05, 3.63) is 18.1 Å². The van der Waals surface area contributed by atoms with Crippen molar-refractivity contribution in [2.45, 2.75) is 40.2 Å². The molecule has 0 bridgehead atoms. The minimum atomic E-state index is 0.414. The van der Waals surface area contributed by atoms with Gasteiger partial charge >= 0.3 is 0 Å². The molecule has 0 unspecified atom stereocenters. The summed E-state index contributed by atoms with van der Waals surface area (Å²) in [6.45, 7) is 8.59. The van der Waals surface area contributed by atoms with E-state index in [1.165, 1.54) is 0 Å². The molecule has 1 aromatic rings. The molecule has 1 rings (SSSR count). The van der Waals surface area contributed by atoms with E-state index in [-0.39, 0.29) is 0 Å². The fourth-order valence-electron chi connectivity index (χ4n) is 1.30. The zero-order valence-electron chi connectivity index (χ0n) is 9.41. The zero-order chi connectivity index (χ0) is 10.6. The number of hydrogen-bond donors (Lipinski definition) is 1. The number of aromatic nitrogens is 2. The molecule has 0 aliphatic heterocycles. The van der Waals surface area contributed by atoms with E-state index in [9.17, 15) is 0 Å². The third-order valence-corrected chi connectivity index (χ3v) is 1.78. The topological polar surface area (TPSA) is 37.8 Å². The molecule has 0 saturated carbocycles. The van der Waals surface area contributed by atoms with Crippen LogP contribution in [0.15, 0.2) is 12.4 Å². The van der Waals surface area contributed by atoms with Crippen LogP contribution in [-0.4, -0.2) is 16.0 Å². The molecule has 0 spiro atoms. The maximum Gasteiger partial charge on any atom is 0.129 e. The molecule has 0 saturated heterocycles. The average Bonchev–Trinajstić information content (AvgIpc) is 2.01. The predicted molar refractivity (Wildman–Crippen MR) is 59.3 cm³/mol. The first-order valence-electron chi connectivity index (χ1n) is 5.15. The van der Waals surface area contributed by atoms with E-state index in [0.29, 0.717) is 12.0 Å². The summed E-state index contributed by atoms with van der Waals surface area (Å²) in [5.41, 5.74) is 1.11. The summed E-state index contributed by atoms with van der Waals surface area (Å²) in [7, 11) is 0. The van der Waals surface area contributed by atoms with Gasteiger partial charge in [0.25, 0.3) is 0 Å². The molecule has 0 aliphatic carbocycles. The highest BCUT2D eigenvalue weighted by molar-refractivity contribution is 5.35. The van der Waals surface area contributed by atoms with E-state index in [1.54, 1.807) is 6.33 Å². The Labute approximate surface area is 86.0 Å². The summed E-state index contributed by atoms with van der Waals surface area (Å²) in [4.78, 5) is 8.40. The summed E-state index contributed by atoms with van der Waals surface area (Å²) in [5.74, 6) is 1.56. The van der Waals surface area contributed by atoms with E-state index < -0.39 is 0 Å². The summed E-state index contributed by atoms with van der Waals surface area (Å²) in [6, 6.07) is 2.44. The molecule has 1 heterocycles. The highest BCUT2D eigenvalue weighted by Gasteiger charge is 2.02. The van der Waals surface area contributed by atoms with Gasteiger partial charge in [-0.2, -0.15) is 0 Å².